The summed E-state index contributed by atoms with van der Waals surface area (Å²) in [7, 11) is 1.38. The first-order valence-electron chi connectivity index (χ1n) is 11.7. The van der Waals surface area contributed by atoms with Gasteiger partial charge in [0.1, 0.15) is 5.82 Å². The van der Waals surface area contributed by atoms with Crippen LogP contribution >= 0.6 is 0 Å². The molecule has 0 aliphatic rings. The third-order valence-corrected chi connectivity index (χ3v) is 5.77. The molecule has 0 fully saturated rings. The predicted octanol–water partition coefficient (Wildman–Crippen LogP) is 5.32. The highest BCUT2D eigenvalue weighted by molar-refractivity contribution is 5.84. The van der Waals surface area contributed by atoms with Crippen LogP contribution in [0.1, 0.15) is 35.8 Å². The molecule has 180 valence electrons. The number of imidazole rings is 1. The van der Waals surface area contributed by atoms with E-state index < -0.39 is 6.04 Å². The monoisotopic (exact) mass is 470 g/mol. The molecule has 0 aliphatic heterocycles. The first-order chi connectivity index (χ1) is 17.1. The van der Waals surface area contributed by atoms with Gasteiger partial charge >= 0.3 is 0 Å². The zero-order valence-corrected chi connectivity index (χ0v) is 20.0. The Balaban J connectivity index is 1.29. The number of hydrogen-bond acceptors (Lipinski definition) is 5. The third kappa shape index (κ3) is 6.55. The van der Waals surface area contributed by atoms with Crippen LogP contribution in [0.3, 0.4) is 0 Å². The number of unbranched alkanes of at least 4 members (excludes halogenated alkanes) is 1. The number of aromatic nitrogens is 2. The summed E-state index contributed by atoms with van der Waals surface area (Å²) in [4.78, 5) is 34.3. The van der Waals surface area contributed by atoms with Gasteiger partial charge in [-0.25, -0.2) is 9.98 Å². The smallest absolute Gasteiger partial charge is 0.249 e. The molecule has 0 saturated heterocycles. The first kappa shape index (κ1) is 24.2. The summed E-state index contributed by atoms with van der Waals surface area (Å²) in [6.45, 7) is 2.65. The molecule has 0 spiro atoms. The molecule has 0 unspecified atom stereocenters. The second kappa shape index (κ2) is 11.9. The van der Waals surface area contributed by atoms with Crippen LogP contribution in [0.15, 0.2) is 77.8 Å². The Labute approximate surface area is 205 Å². The fourth-order valence-electron chi connectivity index (χ4n) is 3.90. The summed E-state index contributed by atoms with van der Waals surface area (Å²) >= 11 is 0. The molecule has 4 rings (SSSR count). The van der Waals surface area contributed by atoms with Gasteiger partial charge in [0.05, 0.1) is 18.1 Å². The number of nitrogens with one attached hydrogen (secondary N) is 2. The zero-order valence-electron chi connectivity index (χ0n) is 20.0. The number of carbonyl (C=O) groups excluding carboxylic acids is 1. The molecule has 4 aromatic rings. The molecule has 1 amide bonds. The van der Waals surface area contributed by atoms with Crippen LogP contribution in [0.5, 0.6) is 0 Å². The van der Waals surface area contributed by atoms with Gasteiger partial charge in [-0.1, -0.05) is 66.2 Å². The maximum Gasteiger partial charge on any atom is 0.249 e. The normalized spacial score (nSPS) is 12.2. The number of carbonyl (C=O) groups is 1. The van der Waals surface area contributed by atoms with E-state index in [-0.39, 0.29) is 5.91 Å². The molecule has 7 heteroatoms. The van der Waals surface area contributed by atoms with E-state index in [1.807, 2.05) is 30.3 Å². The quantitative estimate of drug-likeness (QED) is 0.102. The lowest BCUT2D eigenvalue weighted by Gasteiger charge is -2.13. The lowest BCUT2D eigenvalue weighted by Crippen LogP contribution is -2.29. The van der Waals surface area contributed by atoms with E-state index in [0.717, 1.165) is 48.1 Å². The van der Waals surface area contributed by atoms with Crippen molar-refractivity contribution in [3.05, 3.63) is 89.7 Å². The van der Waals surface area contributed by atoms with Crippen LogP contribution in [-0.4, -0.2) is 35.9 Å². The van der Waals surface area contributed by atoms with Crippen LogP contribution in [0, 0.1) is 6.92 Å². The van der Waals surface area contributed by atoms with E-state index in [9.17, 15) is 4.79 Å². The fraction of sp³-hybridized carbons (Fsp3) is 0.250. The maximum atomic E-state index is 12.7. The lowest BCUT2D eigenvalue weighted by molar-refractivity contribution is -0.188. The summed E-state index contributed by atoms with van der Waals surface area (Å²) in [6, 6.07) is 23.5. The number of nitrogens with zero attached hydrogens (tertiary/aromatic N) is 2. The fourth-order valence-corrected chi connectivity index (χ4v) is 3.90. The van der Waals surface area contributed by atoms with Gasteiger partial charge in [0.2, 0.25) is 12.3 Å². The molecule has 7 nitrogen and oxygen atoms in total. The van der Waals surface area contributed by atoms with Gasteiger partial charge in [-0.05, 0) is 48.6 Å². The number of aromatic amines is 1. The highest BCUT2D eigenvalue weighted by Crippen LogP contribution is 2.24. The van der Waals surface area contributed by atoms with Crippen LogP contribution in [-0.2, 0) is 21.0 Å². The van der Waals surface area contributed by atoms with Crippen LogP contribution in [0.4, 0.5) is 0 Å². The van der Waals surface area contributed by atoms with E-state index in [1.54, 1.807) is 0 Å². The Morgan fingerprint density at radius 3 is 2.60 bits per heavy atom. The largest absolute Gasteiger partial charge is 0.354 e. The Bertz CT molecular complexity index is 1270. The van der Waals surface area contributed by atoms with Crippen molar-refractivity contribution in [2.75, 3.05) is 13.7 Å². The van der Waals surface area contributed by atoms with Crippen LogP contribution < -0.4 is 5.32 Å². The SMILES string of the molecule is COOC=N[C@@H](C(=O)NCCCCc1nc2ccc(-c3ccc(C)cc3)cc2[nH]1)c1ccccc1. The summed E-state index contributed by atoms with van der Waals surface area (Å²) in [5.74, 6) is 0.774. The van der Waals surface area contributed by atoms with Crippen molar-refractivity contribution in [3.8, 4) is 11.1 Å². The molecule has 2 N–H and O–H groups in total. The molecule has 1 aromatic heterocycles. The molecule has 0 saturated carbocycles. The number of fused-ring (bicyclic) bond motifs is 1. The van der Waals surface area contributed by atoms with E-state index in [2.05, 4.69) is 69.6 Å². The van der Waals surface area contributed by atoms with Crippen molar-refractivity contribution in [1.82, 2.24) is 15.3 Å². The predicted molar refractivity (Wildman–Crippen MR) is 138 cm³/mol. The van der Waals surface area contributed by atoms with Crippen molar-refractivity contribution < 1.29 is 14.6 Å². The van der Waals surface area contributed by atoms with Gasteiger partial charge in [0.25, 0.3) is 0 Å². The van der Waals surface area contributed by atoms with Gasteiger partial charge in [-0.3, -0.25) is 4.79 Å². The molecule has 35 heavy (non-hydrogen) atoms. The van der Waals surface area contributed by atoms with Gasteiger partial charge < -0.3 is 15.2 Å². The second-order valence-electron chi connectivity index (χ2n) is 8.36. The summed E-state index contributed by atoms with van der Waals surface area (Å²) in [5, 5.41) is 2.97. The number of aryl methyl sites for hydroxylation is 2. The first-order valence-corrected chi connectivity index (χ1v) is 11.7. The van der Waals surface area contributed by atoms with Crippen molar-refractivity contribution in [3.63, 3.8) is 0 Å². The van der Waals surface area contributed by atoms with E-state index >= 15 is 0 Å². The summed E-state index contributed by atoms with van der Waals surface area (Å²) in [6.07, 6.45) is 3.68. The number of hydrogen-bond donors (Lipinski definition) is 2. The number of H-pyrrole nitrogens is 1. The maximum absolute atomic E-state index is 12.7. The number of aliphatic imine (C=N–C) groups is 1. The topological polar surface area (TPSA) is 88.6 Å². The average molecular weight is 471 g/mol. The molecule has 1 atom stereocenters. The zero-order chi connectivity index (χ0) is 24.5. The average Bonchev–Trinajstić information content (AvgIpc) is 3.29. The van der Waals surface area contributed by atoms with E-state index in [1.165, 1.54) is 23.8 Å². The van der Waals surface area contributed by atoms with Crippen molar-refractivity contribution in [2.45, 2.75) is 32.2 Å². The van der Waals surface area contributed by atoms with Gasteiger partial charge in [0.15, 0.2) is 6.04 Å². The number of rotatable bonds is 11. The second-order valence-corrected chi connectivity index (χ2v) is 8.36. The molecular formula is C28H30N4O3. The van der Waals surface area contributed by atoms with Gasteiger partial charge in [0, 0.05) is 13.0 Å². The van der Waals surface area contributed by atoms with Gasteiger partial charge in [-0.15, -0.1) is 0 Å². The Morgan fingerprint density at radius 2 is 1.83 bits per heavy atom. The minimum Gasteiger partial charge on any atom is -0.354 e. The summed E-state index contributed by atoms with van der Waals surface area (Å²) < 4.78 is 0. The number of amides is 1. The van der Waals surface area contributed by atoms with E-state index in [4.69, 9.17) is 9.87 Å². The van der Waals surface area contributed by atoms with Gasteiger partial charge in [-0.2, -0.15) is 4.89 Å². The highest BCUT2D eigenvalue weighted by Gasteiger charge is 2.18. The Hall–Kier alpha value is -3.97. The Kier molecular flexibility index (Phi) is 8.25. The minimum absolute atomic E-state index is 0.181. The van der Waals surface area contributed by atoms with Crippen molar-refractivity contribution in [2.24, 2.45) is 4.99 Å². The minimum atomic E-state index is -0.690. The van der Waals surface area contributed by atoms with Crippen molar-refractivity contribution in [1.29, 1.82) is 0 Å². The third-order valence-electron chi connectivity index (χ3n) is 5.77. The summed E-state index contributed by atoms with van der Waals surface area (Å²) in [5.41, 5.74) is 6.39. The lowest BCUT2D eigenvalue weighted by atomic mass is 10.0. The standard InChI is InChI=1S/C28H30N4O3/c1-20-11-13-21(14-12-20)23-15-16-24-25(18-23)32-26(31-24)10-6-7-17-29-28(33)27(30-19-35-34-2)22-8-4-3-5-9-22/h3-5,8-9,11-16,18-19,27H,6-7,10,17H2,1-2H3,(H,29,33)(H,31,32)/t27-/m1/s1. The number of benzene rings is 3. The molecule has 0 aliphatic carbocycles. The molecular weight excluding hydrogens is 440 g/mol. The van der Waals surface area contributed by atoms with Crippen molar-refractivity contribution >= 4 is 23.3 Å². The molecule has 0 bridgehead atoms. The molecule has 0 radical (unpaired) electrons. The highest BCUT2D eigenvalue weighted by atomic mass is 17.2. The van der Waals surface area contributed by atoms with E-state index in [0.29, 0.717) is 6.54 Å². The molecule has 1 heterocycles. The van der Waals surface area contributed by atoms with Crippen LogP contribution in [0.25, 0.3) is 22.2 Å². The molecule has 3 aromatic carbocycles. The van der Waals surface area contributed by atoms with Crippen LogP contribution in [0.2, 0.25) is 0 Å². The Morgan fingerprint density at radius 1 is 1.06 bits per heavy atom.